The number of hydrogen-bond donors (Lipinski definition) is 2. The molecule has 0 spiro atoms. The van der Waals surface area contributed by atoms with E-state index in [-0.39, 0.29) is 4.90 Å². The van der Waals surface area contributed by atoms with Crippen LogP contribution in [0.25, 0.3) is 0 Å². The SMILES string of the molecule is O=C(O)C(=O)O.O=S(=O)(c1ccc(Cl)cc1)N1CCN(Cc2ccc(Cl)cc2)CC1. The Morgan fingerprint density at radius 2 is 1.23 bits per heavy atom. The van der Waals surface area contributed by atoms with E-state index in [4.69, 9.17) is 43.0 Å². The number of carbonyl (C=O) groups is 2. The second kappa shape index (κ2) is 10.7. The molecular weight excluding hydrogens is 455 g/mol. The molecule has 0 atom stereocenters. The van der Waals surface area contributed by atoms with Crippen LogP contribution in [0.3, 0.4) is 0 Å². The third kappa shape index (κ3) is 6.96. The first kappa shape index (κ1) is 24.1. The molecule has 8 nitrogen and oxygen atoms in total. The van der Waals surface area contributed by atoms with Crippen LogP contribution in [0.15, 0.2) is 53.4 Å². The highest BCUT2D eigenvalue weighted by molar-refractivity contribution is 7.89. The zero-order chi connectivity index (χ0) is 22.3. The lowest BCUT2D eigenvalue weighted by Gasteiger charge is -2.34. The Bertz CT molecular complexity index is 961. The number of aliphatic carboxylic acids is 2. The Balaban J connectivity index is 0.000000469. The van der Waals surface area contributed by atoms with Gasteiger partial charge in [0.2, 0.25) is 10.0 Å². The summed E-state index contributed by atoms with van der Waals surface area (Å²) in [4.78, 5) is 20.7. The maximum absolute atomic E-state index is 12.7. The van der Waals surface area contributed by atoms with Crippen LogP contribution in [-0.4, -0.2) is 66.0 Å². The highest BCUT2D eigenvalue weighted by Gasteiger charge is 2.28. The minimum atomic E-state index is -3.45. The summed E-state index contributed by atoms with van der Waals surface area (Å²) in [6, 6.07) is 14.1. The fourth-order valence-corrected chi connectivity index (χ4v) is 4.41. The monoisotopic (exact) mass is 474 g/mol. The molecule has 0 bridgehead atoms. The molecule has 11 heteroatoms. The Hall–Kier alpha value is -2.17. The van der Waals surface area contributed by atoms with E-state index >= 15 is 0 Å². The third-order valence-electron chi connectivity index (χ3n) is 4.29. The maximum Gasteiger partial charge on any atom is 0.414 e. The summed E-state index contributed by atoms with van der Waals surface area (Å²) in [5, 5.41) is 16.0. The normalized spacial score (nSPS) is 15.1. The Kier molecular flexibility index (Phi) is 8.63. The average molecular weight is 475 g/mol. The summed E-state index contributed by atoms with van der Waals surface area (Å²) in [7, 11) is -3.45. The Morgan fingerprint density at radius 3 is 1.67 bits per heavy atom. The van der Waals surface area contributed by atoms with Crippen molar-refractivity contribution in [2.24, 2.45) is 0 Å². The third-order valence-corrected chi connectivity index (χ3v) is 6.70. The van der Waals surface area contributed by atoms with E-state index in [1.807, 2.05) is 24.3 Å². The largest absolute Gasteiger partial charge is 0.473 e. The molecule has 2 N–H and O–H groups in total. The van der Waals surface area contributed by atoms with Gasteiger partial charge in [-0.2, -0.15) is 4.31 Å². The molecule has 1 heterocycles. The van der Waals surface area contributed by atoms with Crippen molar-refractivity contribution in [2.75, 3.05) is 26.2 Å². The van der Waals surface area contributed by atoms with Gasteiger partial charge in [-0.15, -0.1) is 0 Å². The predicted octanol–water partition coefficient (Wildman–Crippen LogP) is 2.66. The minimum Gasteiger partial charge on any atom is -0.473 e. The molecule has 162 valence electrons. The van der Waals surface area contributed by atoms with Gasteiger partial charge in [0.05, 0.1) is 4.90 Å². The fourth-order valence-electron chi connectivity index (χ4n) is 2.73. The first-order valence-electron chi connectivity index (χ1n) is 8.78. The number of piperazine rings is 1. The van der Waals surface area contributed by atoms with E-state index in [2.05, 4.69) is 4.90 Å². The second-order valence-electron chi connectivity index (χ2n) is 6.37. The fraction of sp³-hybridized carbons (Fsp3) is 0.263. The number of halogens is 2. The van der Waals surface area contributed by atoms with Crippen molar-refractivity contribution in [2.45, 2.75) is 11.4 Å². The van der Waals surface area contributed by atoms with Crippen LogP contribution < -0.4 is 0 Å². The standard InChI is InChI=1S/C17H18Cl2N2O2S.C2H2O4/c18-15-3-1-14(2-4-15)13-20-9-11-21(12-10-20)24(22,23)17-7-5-16(19)6-8-17;3-1(4)2(5)6/h1-8H,9-13H2;(H,3,4)(H,5,6). The average Bonchev–Trinajstić information content (AvgIpc) is 2.71. The first-order chi connectivity index (χ1) is 14.1. The van der Waals surface area contributed by atoms with Gasteiger partial charge in [0.25, 0.3) is 0 Å². The van der Waals surface area contributed by atoms with Crippen molar-refractivity contribution in [3.63, 3.8) is 0 Å². The molecule has 3 rings (SSSR count). The molecule has 1 aliphatic rings. The molecule has 30 heavy (non-hydrogen) atoms. The molecule has 0 radical (unpaired) electrons. The van der Waals surface area contributed by atoms with Crippen LogP contribution in [0.5, 0.6) is 0 Å². The lowest BCUT2D eigenvalue weighted by Crippen LogP contribution is -2.48. The van der Waals surface area contributed by atoms with Crippen molar-refractivity contribution in [3.05, 3.63) is 64.1 Å². The van der Waals surface area contributed by atoms with E-state index in [0.29, 0.717) is 31.2 Å². The zero-order valence-corrected chi connectivity index (χ0v) is 18.1. The minimum absolute atomic E-state index is 0.290. The summed E-state index contributed by atoms with van der Waals surface area (Å²) < 4.78 is 26.8. The summed E-state index contributed by atoms with van der Waals surface area (Å²) in [6.07, 6.45) is 0. The molecule has 1 saturated heterocycles. The van der Waals surface area contributed by atoms with Gasteiger partial charge in [0.1, 0.15) is 0 Å². The number of rotatable bonds is 4. The van der Waals surface area contributed by atoms with E-state index in [1.54, 1.807) is 24.3 Å². The van der Waals surface area contributed by atoms with Crippen molar-refractivity contribution in [3.8, 4) is 0 Å². The van der Waals surface area contributed by atoms with E-state index in [0.717, 1.165) is 11.6 Å². The van der Waals surface area contributed by atoms with E-state index in [9.17, 15) is 8.42 Å². The lowest BCUT2D eigenvalue weighted by atomic mass is 10.2. The van der Waals surface area contributed by atoms with Crippen LogP contribution in [0.2, 0.25) is 10.0 Å². The highest BCUT2D eigenvalue weighted by atomic mass is 35.5. The van der Waals surface area contributed by atoms with Crippen molar-refractivity contribution in [1.29, 1.82) is 0 Å². The molecule has 0 amide bonds. The molecule has 0 saturated carbocycles. The van der Waals surface area contributed by atoms with Crippen LogP contribution in [0.1, 0.15) is 5.56 Å². The van der Waals surface area contributed by atoms with Gasteiger partial charge in [-0.1, -0.05) is 35.3 Å². The van der Waals surface area contributed by atoms with Crippen molar-refractivity contribution < 1.29 is 28.2 Å². The van der Waals surface area contributed by atoms with Gasteiger partial charge in [0, 0.05) is 42.8 Å². The van der Waals surface area contributed by atoms with Crippen LogP contribution >= 0.6 is 23.2 Å². The maximum atomic E-state index is 12.7. The lowest BCUT2D eigenvalue weighted by molar-refractivity contribution is -0.159. The van der Waals surface area contributed by atoms with Gasteiger partial charge in [-0.05, 0) is 42.0 Å². The van der Waals surface area contributed by atoms with Gasteiger partial charge < -0.3 is 10.2 Å². The number of sulfonamides is 1. The first-order valence-corrected chi connectivity index (χ1v) is 11.0. The molecule has 2 aromatic carbocycles. The number of nitrogens with zero attached hydrogens (tertiary/aromatic N) is 2. The zero-order valence-electron chi connectivity index (χ0n) is 15.7. The molecule has 0 aromatic heterocycles. The highest BCUT2D eigenvalue weighted by Crippen LogP contribution is 2.20. The van der Waals surface area contributed by atoms with Crippen molar-refractivity contribution >= 4 is 45.2 Å². The number of hydrogen-bond acceptors (Lipinski definition) is 5. The van der Waals surface area contributed by atoms with Gasteiger partial charge in [0.15, 0.2) is 0 Å². The van der Waals surface area contributed by atoms with Crippen LogP contribution in [0, 0.1) is 0 Å². The van der Waals surface area contributed by atoms with Gasteiger partial charge >= 0.3 is 11.9 Å². The smallest absolute Gasteiger partial charge is 0.414 e. The molecule has 1 aliphatic heterocycles. The molecular formula is C19H20Cl2N2O6S. The second-order valence-corrected chi connectivity index (χ2v) is 9.18. The Morgan fingerprint density at radius 1 is 0.800 bits per heavy atom. The van der Waals surface area contributed by atoms with E-state index < -0.39 is 22.0 Å². The molecule has 2 aromatic rings. The van der Waals surface area contributed by atoms with Crippen LogP contribution in [-0.2, 0) is 26.2 Å². The summed E-state index contributed by atoms with van der Waals surface area (Å²) in [5.41, 5.74) is 1.17. The summed E-state index contributed by atoms with van der Waals surface area (Å²) >= 11 is 11.7. The molecule has 1 fully saturated rings. The Labute approximate surface area is 184 Å². The summed E-state index contributed by atoms with van der Waals surface area (Å²) in [6.45, 7) is 3.17. The number of carboxylic acids is 2. The van der Waals surface area contributed by atoms with Crippen LogP contribution in [0.4, 0.5) is 0 Å². The van der Waals surface area contributed by atoms with Gasteiger partial charge in [-0.3, -0.25) is 4.90 Å². The van der Waals surface area contributed by atoms with Gasteiger partial charge in [-0.25, -0.2) is 18.0 Å². The van der Waals surface area contributed by atoms with E-state index in [1.165, 1.54) is 9.87 Å². The quantitative estimate of drug-likeness (QED) is 0.654. The summed E-state index contributed by atoms with van der Waals surface area (Å²) in [5.74, 6) is -3.65. The number of benzene rings is 2. The molecule has 0 aliphatic carbocycles. The predicted molar refractivity (Wildman–Crippen MR) is 112 cm³/mol. The number of carboxylic acid groups (broad SMARTS) is 2. The van der Waals surface area contributed by atoms with Crippen molar-refractivity contribution in [1.82, 2.24) is 9.21 Å². The molecule has 0 unspecified atom stereocenters. The topological polar surface area (TPSA) is 115 Å².